The maximum atomic E-state index is 8.98. The number of aliphatic hydroxyl groups is 1. The fourth-order valence-electron chi connectivity index (χ4n) is 5.21. The zero-order valence-corrected chi connectivity index (χ0v) is 21.7. The molecule has 0 aliphatic carbocycles. The summed E-state index contributed by atoms with van der Waals surface area (Å²) in [6, 6.07) is 0. The summed E-state index contributed by atoms with van der Waals surface area (Å²) in [6.07, 6.45) is 23.4. The van der Waals surface area contributed by atoms with Crippen LogP contribution in [0.2, 0.25) is 0 Å². The van der Waals surface area contributed by atoms with Crippen LogP contribution in [0.4, 0.5) is 0 Å². The summed E-state index contributed by atoms with van der Waals surface area (Å²) in [4.78, 5) is 0. The van der Waals surface area contributed by atoms with E-state index in [9.17, 15) is 0 Å². The molecule has 0 saturated carbocycles. The van der Waals surface area contributed by atoms with E-state index in [1.165, 1.54) is 109 Å². The van der Waals surface area contributed by atoms with Crippen LogP contribution in [-0.2, 0) is 4.74 Å². The summed E-state index contributed by atoms with van der Waals surface area (Å²) < 4.78 is 5.98. The second kappa shape index (κ2) is 19.6. The normalized spacial score (nSPS) is 12.6. The van der Waals surface area contributed by atoms with Crippen molar-refractivity contribution in [1.29, 1.82) is 0 Å². The van der Waals surface area contributed by atoms with Crippen molar-refractivity contribution in [3.8, 4) is 0 Å². The van der Waals surface area contributed by atoms with Crippen molar-refractivity contribution in [2.75, 3.05) is 19.8 Å². The Morgan fingerprint density at radius 1 is 0.500 bits per heavy atom. The van der Waals surface area contributed by atoms with Crippen LogP contribution in [0.15, 0.2) is 0 Å². The van der Waals surface area contributed by atoms with E-state index < -0.39 is 0 Å². The van der Waals surface area contributed by atoms with Gasteiger partial charge in [-0.3, -0.25) is 0 Å². The van der Waals surface area contributed by atoms with E-state index >= 15 is 0 Å². The molecule has 2 nitrogen and oxygen atoms in total. The SMILES string of the molecule is CCCCCC(CC)(CC)CCCCOCCCCC(CC)(CC)CCCCCO. The Balaban J connectivity index is 3.91. The molecule has 0 unspecified atom stereocenters. The minimum atomic E-state index is 0.347. The molecule has 0 rings (SSSR count). The number of hydrogen-bond acceptors (Lipinski definition) is 2. The quantitative estimate of drug-likeness (QED) is 0.165. The van der Waals surface area contributed by atoms with E-state index in [4.69, 9.17) is 9.84 Å². The Morgan fingerprint density at radius 2 is 0.900 bits per heavy atom. The largest absolute Gasteiger partial charge is 0.396 e. The third kappa shape index (κ3) is 13.4. The van der Waals surface area contributed by atoms with Gasteiger partial charge in [-0.05, 0) is 55.8 Å². The highest BCUT2D eigenvalue weighted by molar-refractivity contribution is 4.77. The second-order valence-corrected chi connectivity index (χ2v) is 9.93. The van der Waals surface area contributed by atoms with Crippen LogP contribution in [0, 0.1) is 10.8 Å². The topological polar surface area (TPSA) is 29.5 Å². The second-order valence-electron chi connectivity index (χ2n) is 9.93. The first-order chi connectivity index (χ1) is 14.6. The number of rotatable bonds is 23. The third-order valence-electron chi connectivity index (χ3n) is 8.17. The Kier molecular flexibility index (Phi) is 19.5. The van der Waals surface area contributed by atoms with Gasteiger partial charge >= 0.3 is 0 Å². The summed E-state index contributed by atoms with van der Waals surface area (Å²) in [5.74, 6) is 0. The van der Waals surface area contributed by atoms with Gasteiger partial charge in [-0.15, -0.1) is 0 Å². The lowest BCUT2D eigenvalue weighted by molar-refractivity contribution is 0.113. The predicted molar refractivity (Wildman–Crippen MR) is 134 cm³/mol. The third-order valence-corrected chi connectivity index (χ3v) is 8.17. The van der Waals surface area contributed by atoms with Crippen molar-refractivity contribution >= 4 is 0 Å². The molecule has 0 saturated heterocycles. The van der Waals surface area contributed by atoms with E-state index in [1.807, 2.05) is 0 Å². The van der Waals surface area contributed by atoms with E-state index in [1.54, 1.807) is 0 Å². The number of aliphatic hydroxyl groups excluding tert-OH is 1. The van der Waals surface area contributed by atoms with Gasteiger partial charge in [0.2, 0.25) is 0 Å². The number of unbranched alkanes of at least 4 members (excludes halogenated alkanes) is 6. The lowest BCUT2D eigenvalue weighted by atomic mass is 9.74. The lowest BCUT2D eigenvalue weighted by Crippen LogP contribution is -2.19. The molecule has 0 spiro atoms. The molecule has 0 aliphatic heterocycles. The summed E-state index contributed by atoms with van der Waals surface area (Å²) in [5, 5.41) is 8.98. The molecule has 0 atom stereocenters. The molecule has 0 aliphatic rings. The fraction of sp³-hybridized carbons (Fsp3) is 1.00. The summed E-state index contributed by atoms with van der Waals surface area (Å²) in [7, 11) is 0. The molecule has 182 valence electrons. The van der Waals surface area contributed by atoms with Crippen LogP contribution in [-0.4, -0.2) is 24.9 Å². The van der Waals surface area contributed by atoms with Crippen LogP contribution < -0.4 is 0 Å². The van der Waals surface area contributed by atoms with Gasteiger partial charge in [-0.25, -0.2) is 0 Å². The van der Waals surface area contributed by atoms with Crippen LogP contribution >= 0.6 is 0 Å². The average Bonchev–Trinajstić information content (AvgIpc) is 2.78. The first-order valence-electron chi connectivity index (χ1n) is 13.8. The molecule has 0 fully saturated rings. The highest BCUT2D eigenvalue weighted by atomic mass is 16.5. The van der Waals surface area contributed by atoms with Gasteiger partial charge < -0.3 is 9.84 Å². The van der Waals surface area contributed by atoms with Crippen molar-refractivity contribution < 1.29 is 9.84 Å². The molecule has 0 amide bonds. The Bertz CT molecular complexity index is 345. The van der Waals surface area contributed by atoms with Crippen molar-refractivity contribution in [2.45, 2.75) is 150 Å². The molecular formula is C28H58O2. The zero-order valence-electron chi connectivity index (χ0n) is 21.7. The molecule has 0 aromatic carbocycles. The molecule has 1 N–H and O–H groups in total. The summed E-state index contributed by atoms with van der Waals surface area (Å²) >= 11 is 0. The van der Waals surface area contributed by atoms with E-state index in [0.717, 1.165) is 19.6 Å². The molecule has 0 radical (unpaired) electrons. The Morgan fingerprint density at radius 3 is 1.27 bits per heavy atom. The zero-order chi connectivity index (χ0) is 22.6. The fourth-order valence-corrected chi connectivity index (χ4v) is 5.21. The highest BCUT2D eigenvalue weighted by Crippen LogP contribution is 2.39. The number of ether oxygens (including phenoxy) is 1. The minimum absolute atomic E-state index is 0.347. The smallest absolute Gasteiger partial charge is 0.0466 e. The van der Waals surface area contributed by atoms with Crippen LogP contribution in [0.25, 0.3) is 0 Å². The minimum Gasteiger partial charge on any atom is -0.396 e. The van der Waals surface area contributed by atoms with Crippen LogP contribution in [0.5, 0.6) is 0 Å². The van der Waals surface area contributed by atoms with Crippen molar-refractivity contribution in [1.82, 2.24) is 0 Å². The van der Waals surface area contributed by atoms with Crippen molar-refractivity contribution in [3.05, 3.63) is 0 Å². The number of hydrogen-bond donors (Lipinski definition) is 1. The van der Waals surface area contributed by atoms with E-state index in [-0.39, 0.29) is 0 Å². The van der Waals surface area contributed by atoms with Gasteiger partial charge in [0, 0.05) is 19.8 Å². The first-order valence-corrected chi connectivity index (χ1v) is 13.8. The highest BCUT2D eigenvalue weighted by Gasteiger charge is 2.25. The van der Waals surface area contributed by atoms with Gasteiger partial charge in [0.15, 0.2) is 0 Å². The van der Waals surface area contributed by atoms with Gasteiger partial charge in [-0.2, -0.15) is 0 Å². The molecular weight excluding hydrogens is 368 g/mol. The van der Waals surface area contributed by atoms with Crippen LogP contribution in [0.1, 0.15) is 150 Å². The standard InChI is InChI=1S/C28H58O2/c1-6-11-13-20-27(7-2,8-3)22-15-18-25-30-26-19-16-23-28(9-4,10-5)21-14-12-17-24-29/h29H,6-26H2,1-5H3. The predicted octanol–water partition coefficient (Wildman–Crippen LogP) is 9.09. The van der Waals surface area contributed by atoms with Crippen LogP contribution in [0.3, 0.4) is 0 Å². The maximum absolute atomic E-state index is 8.98. The summed E-state index contributed by atoms with van der Waals surface area (Å²) in [6.45, 7) is 14.1. The van der Waals surface area contributed by atoms with Gasteiger partial charge in [0.05, 0.1) is 0 Å². The van der Waals surface area contributed by atoms with Gasteiger partial charge in [0.25, 0.3) is 0 Å². The molecule has 0 bridgehead atoms. The molecule has 0 aromatic heterocycles. The molecule has 0 heterocycles. The Hall–Kier alpha value is -0.0800. The van der Waals surface area contributed by atoms with Crippen molar-refractivity contribution in [3.63, 3.8) is 0 Å². The summed E-state index contributed by atoms with van der Waals surface area (Å²) in [5.41, 5.74) is 1.12. The monoisotopic (exact) mass is 426 g/mol. The van der Waals surface area contributed by atoms with E-state index in [2.05, 4.69) is 34.6 Å². The van der Waals surface area contributed by atoms with Crippen molar-refractivity contribution in [2.24, 2.45) is 10.8 Å². The maximum Gasteiger partial charge on any atom is 0.0466 e. The Labute approximate surface area is 191 Å². The molecule has 2 heteroatoms. The average molecular weight is 427 g/mol. The molecule has 0 aromatic rings. The van der Waals surface area contributed by atoms with Gasteiger partial charge in [-0.1, -0.05) is 105 Å². The van der Waals surface area contributed by atoms with Gasteiger partial charge in [0.1, 0.15) is 0 Å². The van der Waals surface area contributed by atoms with E-state index in [0.29, 0.717) is 17.4 Å². The first kappa shape index (κ1) is 29.9. The molecule has 30 heavy (non-hydrogen) atoms. The lowest BCUT2D eigenvalue weighted by Gasteiger charge is -2.32.